The second kappa shape index (κ2) is 11.4. The van der Waals surface area contributed by atoms with Crippen LogP contribution in [0.3, 0.4) is 0 Å². The average Bonchev–Trinajstić information content (AvgIpc) is 2.96. The summed E-state index contributed by atoms with van der Waals surface area (Å²) in [7, 11) is 0. The molecule has 1 fully saturated rings. The van der Waals surface area contributed by atoms with Gasteiger partial charge in [-0.15, -0.1) is 0 Å². The molecular formula is C29H22ClF5N4O4. The van der Waals surface area contributed by atoms with Gasteiger partial charge in [-0.1, -0.05) is 29.8 Å². The lowest BCUT2D eigenvalue weighted by atomic mass is 9.94. The zero-order chi connectivity index (χ0) is 31.1. The molecule has 0 bridgehead atoms. The Labute approximate surface area is 245 Å². The fraction of sp³-hybridized carbons (Fsp3) is 0.241. The Bertz CT molecular complexity index is 1800. The number of piperidine rings is 1. The lowest BCUT2D eigenvalue weighted by Crippen LogP contribution is -2.49. The standard InChI is InChI=1S/C29H22ClF5N4O4/c30-20-5-2-1-4-17(20)25(29(33,34)35)37-27(42)19-13-39(22-8-6-16(31)12-21(22)32)26-18(24(19)41)7-9-23(36-26)38-11-3-10-28(43,14-38)15-40/h1-2,4-9,12-13,15,25,43H,3,10-11,14H2,(H,37,42). The molecule has 0 aliphatic carbocycles. The van der Waals surface area contributed by atoms with Gasteiger partial charge in [0, 0.05) is 29.4 Å². The molecule has 4 aromatic rings. The van der Waals surface area contributed by atoms with Gasteiger partial charge in [-0.05, 0) is 43.2 Å². The summed E-state index contributed by atoms with van der Waals surface area (Å²) in [6.45, 7) is 0.261. The first-order valence-corrected chi connectivity index (χ1v) is 13.3. The predicted molar refractivity (Wildman–Crippen MR) is 147 cm³/mol. The van der Waals surface area contributed by atoms with Crippen LogP contribution in [-0.4, -0.2) is 51.7 Å². The smallest absolute Gasteiger partial charge is 0.381 e. The topological polar surface area (TPSA) is 105 Å². The molecule has 14 heteroatoms. The van der Waals surface area contributed by atoms with Gasteiger partial charge in [0.05, 0.1) is 17.6 Å². The highest BCUT2D eigenvalue weighted by molar-refractivity contribution is 6.31. The number of hydrogen-bond acceptors (Lipinski definition) is 6. The number of hydrogen-bond donors (Lipinski definition) is 2. The van der Waals surface area contributed by atoms with E-state index in [-0.39, 0.29) is 40.5 Å². The molecule has 0 saturated carbocycles. The highest BCUT2D eigenvalue weighted by Crippen LogP contribution is 2.36. The van der Waals surface area contributed by atoms with E-state index < -0.39 is 51.9 Å². The van der Waals surface area contributed by atoms with Crippen LogP contribution in [0.25, 0.3) is 16.7 Å². The van der Waals surface area contributed by atoms with Crippen molar-refractivity contribution in [1.82, 2.24) is 14.9 Å². The molecule has 224 valence electrons. The predicted octanol–water partition coefficient (Wildman–Crippen LogP) is 4.88. The number of alkyl halides is 3. The van der Waals surface area contributed by atoms with E-state index in [0.29, 0.717) is 25.3 Å². The molecule has 1 aliphatic heterocycles. The van der Waals surface area contributed by atoms with Crippen molar-refractivity contribution in [3.63, 3.8) is 0 Å². The quantitative estimate of drug-likeness (QED) is 0.235. The Morgan fingerprint density at radius 2 is 1.88 bits per heavy atom. The van der Waals surface area contributed by atoms with Gasteiger partial charge in [0.25, 0.3) is 5.91 Å². The Kier molecular flexibility index (Phi) is 7.97. The molecule has 2 unspecified atom stereocenters. The van der Waals surface area contributed by atoms with Crippen LogP contribution >= 0.6 is 11.6 Å². The van der Waals surface area contributed by atoms with Gasteiger partial charge in [-0.2, -0.15) is 13.2 Å². The highest BCUT2D eigenvalue weighted by Gasteiger charge is 2.43. The van der Waals surface area contributed by atoms with Gasteiger partial charge in [-0.25, -0.2) is 13.8 Å². The van der Waals surface area contributed by atoms with Crippen LogP contribution in [0, 0.1) is 11.6 Å². The third-order valence-electron chi connectivity index (χ3n) is 7.11. The second-order valence-electron chi connectivity index (χ2n) is 10.1. The number of carbonyl (C=O) groups is 2. The summed E-state index contributed by atoms with van der Waals surface area (Å²) >= 11 is 5.97. The van der Waals surface area contributed by atoms with Crippen molar-refractivity contribution in [3.8, 4) is 5.69 Å². The number of anilines is 1. The van der Waals surface area contributed by atoms with Crippen LogP contribution < -0.4 is 15.6 Å². The van der Waals surface area contributed by atoms with E-state index in [1.807, 2.05) is 5.32 Å². The van der Waals surface area contributed by atoms with Crippen LogP contribution in [0.4, 0.5) is 27.8 Å². The molecule has 2 aromatic heterocycles. The minimum Gasteiger partial charge on any atom is -0.381 e. The van der Waals surface area contributed by atoms with Crippen molar-refractivity contribution < 1.29 is 36.6 Å². The minimum atomic E-state index is -5.01. The van der Waals surface area contributed by atoms with E-state index in [2.05, 4.69) is 4.98 Å². The molecule has 1 aliphatic rings. The number of benzene rings is 2. The van der Waals surface area contributed by atoms with Gasteiger partial charge < -0.3 is 20.1 Å². The summed E-state index contributed by atoms with van der Waals surface area (Å²) in [6.07, 6.45) is -3.11. The molecular weight excluding hydrogens is 599 g/mol. The first kappa shape index (κ1) is 30.1. The van der Waals surface area contributed by atoms with Gasteiger partial charge in [0.15, 0.2) is 18.0 Å². The molecule has 5 rings (SSSR count). The third kappa shape index (κ3) is 5.95. The monoisotopic (exact) mass is 620 g/mol. The summed E-state index contributed by atoms with van der Waals surface area (Å²) in [5.74, 6) is -3.27. The molecule has 2 aromatic carbocycles. The second-order valence-corrected chi connectivity index (χ2v) is 10.5. The van der Waals surface area contributed by atoms with Gasteiger partial charge >= 0.3 is 6.18 Å². The Morgan fingerprint density at radius 3 is 2.56 bits per heavy atom. The van der Waals surface area contributed by atoms with Crippen molar-refractivity contribution in [2.75, 3.05) is 18.0 Å². The molecule has 1 amide bonds. The maximum Gasteiger partial charge on any atom is 0.412 e. The van der Waals surface area contributed by atoms with E-state index in [0.717, 1.165) is 29.0 Å². The first-order chi connectivity index (χ1) is 20.3. The van der Waals surface area contributed by atoms with Crippen LogP contribution in [0.2, 0.25) is 5.02 Å². The summed E-state index contributed by atoms with van der Waals surface area (Å²) in [6, 6.07) is 7.50. The summed E-state index contributed by atoms with van der Waals surface area (Å²) < 4.78 is 71.9. The Morgan fingerprint density at radius 1 is 1.14 bits per heavy atom. The number of halogens is 6. The summed E-state index contributed by atoms with van der Waals surface area (Å²) in [4.78, 5) is 44.2. The summed E-state index contributed by atoms with van der Waals surface area (Å²) in [5, 5.41) is 11.8. The lowest BCUT2D eigenvalue weighted by molar-refractivity contribution is -0.155. The van der Waals surface area contributed by atoms with E-state index >= 15 is 4.39 Å². The number of nitrogens with zero attached hydrogens (tertiary/aromatic N) is 3. The fourth-order valence-corrected chi connectivity index (χ4v) is 5.25. The number of nitrogens with one attached hydrogen (secondary N) is 1. The van der Waals surface area contributed by atoms with Crippen molar-refractivity contribution in [1.29, 1.82) is 0 Å². The maximum absolute atomic E-state index is 15.0. The lowest BCUT2D eigenvalue weighted by Gasteiger charge is -2.36. The van der Waals surface area contributed by atoms with Gasteiger partial charge in [0.2, 0.25) is 5.43 Å². The van der Waals surface area contributed by atoms with Gasteiger partial charge in [-0.3, -0.25) is 14.2 Å². The van der Waals surface area contributed by atoms with E-state index in [9.17, 15) is 37.1 Å². The van der Waals surface area contributed by atoms with Crippen molar-refractivity contribution in [3.05, 3.63) is 98.8 Å². The number of rotatable bonds is 6. The van der Waals surface area contributed by atoms with Crippen LogP contribution in [0.1, 0.15) is 34.8 Å². The van der Waals surface area contributed by atoms with Crippen molar-refractivity contribution in [2.45, 2.75) is 30.7 Å². The molecule has 43 heavy (non-hydrogen) atoms. The number of carbonyl (C=O) groups excluding carboxylic acids is 2. The van der Waals surface area contributed by atoms with Crippen LogP contribution in [0.15, 0.2) is 65.6 Å². The first-order valence-electron chi connectivity index (χ1n) is 12.9. The zero-order valence-electron chi connectivity index (χ0n) is 22.0. The third-order valence-corrected chi connectivity index (χ3v) is 7.46. The van der Waals surface area contributed by atoms with E-state index in [4.69, 9.17) is 11.6 Å². The van der Waals surface area contributed by atoms with Crippen LogP contribution in [-0.2, 0) is 4.79 Å². The van der Waals surface area contributed by atoms with Crippen LogP contribution in [0.5, 0.6) is 0 Å². The van der Waals surface area contributed by atoms with Gasteiger partial charge in [0.1, 0.15) is 28.6 Å². The molecule has 0 radical (unpaired) electrons. The molecule has 3 heterocycles. The number of amides is 1. The van der Waals surface area contributed by atoms with Crippen molar-refractivity contribution in [2.24, 2.45) is 0 Å². The number of fused-ring (bicyclic) bond motifs is 1. The van der Waals surface area contributed by atoms with E-state index in [1.54, 1.807) is 4.90 Å². The number of aliphatic hydroxyl groups is 1. The molecule has 1 saturated heterocycles. The van der Waals surface area contributed by atoms with E-state index in [1.165, 1.54) is 30.3 Å². The SMILES string of the molecule is O=CC1(O)CCCN(c2ccc3c(=O)c(C(=O)NC(c4ccccc4Cl)C(F)(F)F)cn(-c4ccc(F)cc4F)c3n2)C1. The highest BCUT2D eigenvalue weighted by atomic mass is 35.5. The Balaban J connectivity index is 1.66. The normalized spacial score (nSPS) is 18.0. The zero-order valence-corrected chi connectivity index (χ0v) is 22.8. The molecule has 2 N–H and O–H groups in total. The molecule has 0 spiro atoms. The number of pyridine rings is 2. The average molecular weight is 621 g/mol. The van der Waals surface area contributed by atoms with Crippen molar-refractivity contribution >= 4 is 40.6 Å². The number of aromatic nitrogens is 2. The maximum atomic E-state index is 15.0. The minimum absolute atomic E-state index is 0.120. The fourth-order valence-electron chi connectivity index (χ4n) is 5.00. The number of β-amino-alcohol motifs (C(OH)–C–C–N with tert-alkyl or cyclic N) is 1. The molecule has 8 nitrogen and oxygen atoms in total. The Hall–Kier alpha value is -4.36. The summed E-state index contributed by atoms with van der Waals surface area (Å²) in [5.41, 5.74) is -4.45. The largest absolute Gasteiger partial charge is 0.412 e. The molecule has 2 atom stereocenters. The number of aldehydes is 1.